The Morgan fingerprint density at radius 2 is 1.85 bits per heavy atom. The number of hydrogen-bond acceptors (Lipinski definition) is 7. The number of esters is 1. The lowest BCUT2D eigenvalue weighted by molar-refractivity contribution is -0.135. The van der Waals surface area contributed by atoms with E-state index in [4.69, 9.17) is 9.47 Å². The summed E-state index contributed by atoms with van der Waals surface area (Å²) < 4.78 is 9.81. The Morgan fingerprint density at radius 1 is 1.11 bits per heavy atom. The number of para-hydroxylation sites is 1. The van der Waals surface area contributed by atoms with E-state index < -0.39 is 5.97 Å². The number of ether oxygens (including phenoxy) is 2. The second-order valence-corrected chi connectivity index (χ2v) is 6.54. The number of nitrogens with zero attached hydrogens (tertiary/aromatic N) is 1. The van der Waals surface area contributed by atoms with Gasteiger partial charge in [0, 0.05) is 0 Å². The second-order valence-electron chi connectivity index (χ2n) is 5.51. The van der Waals surface area contributed by atoms with Crippen molar-refractivity contribution >= 4 is 34.5 Å². The molecule has 0 amide bonds. The van der Waals surface area contributed by atoms with E-state index >= 15 is 0 Å². The molecule has 2 N–H and O–H groups in total. The summed E-state index contributed by atoms with van der Waals surface area (Å²) in [6, 6.07) is 14.0. The molecule has 1 aliphatic heterocycles. The minimum absolute atomic E-state index is 0.00957. The fourth-order valence-corrected chi connectivity index (χ4v) is 3.49. The number of methoxy groups -OCH3 is 2. The molecule has 0 saturated heterocycles. The molecule has 0 unspecified atom stereocenters. The van der Waals surface area contributed by atoms with Gasteiger partial charge >= 0.3 is 5.97 Å². The number of carbonyl (C=O) groups excluding carboxylic acids is 1. The summed E-state index contributed by atoms with van der Waals surface area (Å²) in [5.74, 6) is -0.560. The molecule has 0 saturated carbocycles. The normalized spacial score (nSPS) is 16.8. The number of benzene rings is 2. The van der Waals surface area contributed by atoms with E-state index in [1.165, 1.54) is 20.3 Å². The lowest BCUT2D eigenvalue weighted by Crippen LogP contribution is -2.10. The van der Waals surface area contributed by atoms with Crippen LogP contribution in [-0.4, -0.2) is 35.4 Å². The minimum atomic E-state index is -0.671. The van der Waals surface area contributed by atoms with Gasteiger partial charge in [0.25, 0.3) is 0 Å². The smallest absolute Gasteiger partial charge is 0.344 e. The van der Waals surface area contributed by atoms with Crippen LogP contribution >= 0.6 is 11.8 Å². The Hall–Kier alpha value is -3.19. The quantitative estimate of drug-likeness (QED) is 0.769. The fraction of sp³-hybridized carbons (Fsp3) is 0.100. The summed E-state index contributed by atoms with van der Waals surface area (Å²) in [5.41, 5.74) is 1.29. The van der Waals surface area contributed by atoms with E-state index in [0.29, 0.717) is 26.9 Å². The van der Waals surface area contributed by atoms with Gasteiger partial charge in [-0.3, -0.25) is 0 Å². The van der Waals surface area contributed by atoms with Crippen molar-refractivity contribution in [3.8, 4) is 11.5 Å². The van der Waals surface area contributed by atoms with Crippen LogP contribution in [0.5, 0.6) is 11.5 Å². The average Bonchev–Trinajstić information content (AvgIpc) is 2.97. The maximum atomic E-state index is 12.1. The van der Waals surface area contributed by atoms with Crippen LogP contribution in [0.25, 0.3) is 6.08 Å². The number of hydrogen-bond donors (Lipinski definition) is 2. The number of aliphatic hydroxyl groups is 1. The summed E-state index contributed by atoms with van der Waals surface area (Å²) in [6.45, 7) is 0. The molecule has 27 heavy (non-hydrogen) atoms. The maximum absolute atomic E-state index is 12.1. The van der Waals surface area contributed by atoms with Crippen LogP contribution in [0.15, 0.2) is 69.8 Å². The lowest BCUT2D eigenvalue weighted by atomic mass is 10.1. The van der Waals surface area contributed by atoms with Crippen LogP contribution in [-0.2, 0) is 9.53 Å². The molecule has 0 aliphatic carbocycles. The zero-order valence-corrected chi connectivity index (χ0v) is 15.5. The molecule has 2 aromatic carbocycles. The molecule has 0 atom stereocenters. The number of aliphatic hydroxyl groups excluding tert-OH is 1. The number of aliphatic imine (C=N–C) groups is 1. The third-order valence-corrected chi connectivity index (χ3v) is 4.79. The van der Waals surface area contributed by atoms with E-state index in [1.54, 1.807) is 30.3 Å². The van der Waals surface area contributed by atoms with Crippen molar-refractivity contribution in [2.24, 2.45) is 4.99 Å². The largest absolute Gasteiger partial charge is 0.506 e. The van der Waals surface area contributed by atoms with Crippen molar-refractivity contribution in [2.45, 2.75) is 0 Å². The molecule has 0 aromatic heterocycles. The molecule has 0 bridgehead atoms. The number of aromatic hydroxyl groups is 1. The van der Waals surface area contributed by atoms with Gasteiger partial charge in [0.1, 0.15) is 16.4 Å². The zero-order valence-electron chi connectivity index (χ0n) is 14.7. The highest BCUT2D eigenvalue weighted by Gasteiger charge is 2.33. The van der Waals surface area contributed by atoms with Crippen LogP contribution in [0.1, 0.15) is 5.56 Å². The van der Waals surface area contributed by atoms with Gasteiger partial charge in [0.15, 0.2) is 11.5 Å². The Kier molecular flexibility index (Phi) is 5.52. The molecule has 0 spiro atoms. The van der Waals surface area contributed by atoms with Gasteiger partial charge in [0.2, 0.25) is 0 Å². The monoisotopic (exact) mass is 383 g/mol. The lowest BCUT2D eigenvalue weighted by Gasteiger charge is -2.04. The first-order valence-corrected chi connectivity index (χ1v) is 8.77. The Labute approximate surface area is 160 Å². The maximum Gasteiger partial charge on any atom is 0.344 e. The molecule has 0 fully saturated rings. The average molecular weight is 383 g/mol. The van der Waals surface area contributed by atoms with Crippen LogP contribution < -0.4 is 4.74 Å². The molecule has 0 radical (unpaired) electrons. The molecule has 2 aromatic rings. The number of rotatable bonds is 4. The summed E-state index contributed by atoms with van der Waals surface area (Å²) in [5, 5.41) is 20.8. The van der Waals surface area contributed by atoms with Crippen molar-refractivity contribution in [3.63, 3.8) is 0 Å². The van der Waals surface area contributed by atoms with Gasteiger partial charge < -0.3 is 19.7 Å². The van der Waals surface area contributed by atoms with Gasteiger partial charge in [0.05, 0.1) is 24.8 Å². The number of phenolic OH excluding ortho intramolecular Hbond substituents is 1. The van der Waals surface area contributed by atoms with Crippen LogP contribution in [0.2, 0.25) is 0 Å². The van der Waals surface area contributed by atoms with Gasteiger partial charge in [-0.05, 0) is 35.9 Å². The molecule has 1 heterocycles. The molecular weight excluding hydrogens is 366 g/mol. The first-order valence-electron chi connectivity index (χ1n) is 7.96. The van der Waals surface area contributed by atoms with Crippen LogP contribution in [0, 0.1) is 0 Å². The van der Waals surface area contributed by atoms with Gasteiger partial charge in [-0.2, -0.15) is 0 Å². The minimum Gasteiger partial charge on any atom is -0.506 e. The Morgan fingerprint density at radius 3 is 2.48 bits per heavy atom. The summed E-state index contributed by atoms with van der Waals surface area (Å²) in [6.07, 6.45) is 1.65. The zero-order chi connectivity index (χ0) is 19.4. The van der Waals surface area contributed by atoms with Crippen LogP contribution in [0.3, 0.4) is 0 Å². The van der Waals surface area contributed by atoms with E-state index in [1.807, 2.05) is 18.2 Å². The van der Waals surface area contributed by atoms with E-state index in [0.717, 1.165) is 11.8 Å². The van der Waals surface area contributed by atoms with E-state index in [-0.39, 0.29) is 17.1 Å². The molecule has 7 heteroatoms. The molecular formula is C20H17NO5S. The Balaban J connectivity index is 2.03. The SMILES string of the molecule is COC(=O)C1=C(O)/C(=C\c2ccc(OC)c(O)c2)SC1=Nc1ccccc1. The van der Waals surface area contributed by atoms with E-state index in [2.05, 4.69) is 4.99 Å². The fourth-order valence-electron chi connectivity index (χ4n) is 2.46. The van der Waals surface area contributed by atoms with Gasteiger partial charge in [-0.25, -0.2) is 9.79 Å². The molecule has 3 rings (SSSR count). The topological polar surface area (TPSA) is 88.4 Å². The van der Waals surface area contributed by atoms with Crippen LogP contribution in [0.4, 0.5) is 5.69 Å². The molecule has 138 valence electrons. The number of phenols is 1. The summed E-state index contributed by atoms with van der Waals surface area (Å²) in [7, 11) is 2.71. The predicted octanol–water partition coefficient (Wildman–Crippen LogP) is 4.20. The standard InChI is InChI=1S/C20H17NO5S/c1-25-15-9-8-12(10-14(15)22)11-16-18(23)17(20(24)26-2)19(27-16)21-13-6-4-3-5-7-13/h3-11,22-23H,1-2H3/b16-11+,21-19?. The number of thioether (sulfide) groups is 1. The third kappa shape index (κ3) is 3.98. The van der Waals surface area contributed by atoms with Crippen molar-refractivity contribution in [3.05, 3.63) is 70.3 Å². The van der Waals surface area contributed by atoms with Gasteiger partial charge in [-0.15, -0.1) is 0 Å². The highest BCUT2D eigenvalue weighted by Crippen LogP contribution is 2.40. The summed E-state index contributed by atoms with van der Waals surface area (Å²) in [4.78, 5) is 17.0. The number of carbonyl (C=O) groups is 1. The molecule has 6 nitrogen and oxygen atoms in total. The van der Waals surface area contributed by atoms with E-state index in [9.17, 15) is 15.0 Å². The predicted molar refractivity (Wildman–Crippen MR) is 105 cm³/mol. The van der Waals surface area contributed by atoms with Gasteiger partial charge in [-0.1, -0.05) is 36.0 Å². The van der Waals surface area contributed by atoms with Crippen molar-refractivity contribution in [2.75, 3.05) is 14.2 Å². The molecule has 1 aliphatic rings. The summed E-state index contributed by atoms with van der Waals surface area (Å²) >= 11 is 1.15. The Bertz CT molecular complexity index is 964. The first kappa shape index (κ1) is 18.6. The highest BCUT2D eigenvalue weighted by atomic mass is 32.2. The van der Waals surface area contributed by atoms with Crippen molar-refractivity contribution in [1.82, 2.24) is 0 Å². The first-order chi connectivity index (χ1) is 13.0. The second kappa shape index (κ2) is 8.01. The third-order valence-electron chi connectivity index (χ3n) is 3.77. The van der Waals surface area contributed by atoms with Crippen molar-refractivity contribution in [1.29, 1.82) is 0 Å². The highest BCUT2D eigenvalue weighted by molar-refractivity contribution is 8.18. The van der Waals surface area contributed by atoms with Crippen molar-refractivity contribution < 1.29 is 24.5 Å².